The highest BCUT2D eigenvalue weighted by atomic mass is 16.2. The Bertz CT molecular complexity index is 315. The molecule has 0 spiro atoms. The first-order valence-corrected chi connectivity index (χ1v) is 6.33. The Morgan fingerprint density at radius 2 is 2.00 bits per heavy atom. The second-order valence-corrected chi connectivity index (χ2v) is 6.73. The first kappa shape index (κ1) is 11.9. The fourth-order valence-corrected chi connectivity index (χ4v) is 3.89. The molecule has 0 aromatic heterocycles. The number of carbonyl (C=O) groups excluding carboxylic acids is 1. The van der Waals surface area contributed by atoms with Gasteiger partial charge in [0.15, 0.2) is 0 Å². The van der Waals surface area contributed by atoms with Gasteiger partial charge in [0.05, 0.1) is 0 Å². The lowest BCUT2D eigenvalue weighted by molar-refractivity contribution is -0.138. The molecular formula is C13H24N2O. The zero-order valence-electron chi connectivity index (χ0n) is 10.9. The minimum Gasteiger partial charge on any atom is -0.336 e. The summed E-state index contributed by atoms with van der Waals surface area (Å²) < 4.78 is 0. The predicted molar refractivity (Wildman–Crippen MR) is 64.9 cm³/mol. The SMILES string of the molecule is CC(C)C(=O)N1CC2(C)C[C@@H](N)CC1(C)C2. The predicted octanol–water partition coefficient (Wildman–Crippen LogP) is 1.76. The lowest BCUT2D eigenvalue weighted by atomic mass is 9.70. The Morgan fingerprint density at radius 1 is 1.38 bits per heavy atom. The van der Waals surface area contributed by atoms with Crippen LogP contribution in [-0.2, 0) is 4.79 Å². The van der Waals surface area contributed by atoms with E-state index >= 15 is 0 Å². The zero-order chi connectivity index (χ0) is 12.1. The van der Waals surface area contributed by atoms with Crippen molar-refractivity contribution in [3.8, 4) is 0 Å². The molecule has 2 unspecified atom stereocenters. The zero-order valence-corrected chi connectivity index (χ0v) is 10.9. The molecule has 3 heteroatoms. The molecule has 1 saturated heterocycles. The quantitative estimate of drug-likeness (QED) is 0.737. The molecule has 2 fully saturated rings. The summed E-state index contributed by atoms with van der Waals surface area (Å²) in [6.07, 6.45) is 3.14. The summed E-state index contributed by atoms with van der Waals surface area (Å²) in [5, 5.41) is 0. The molecule has 3 nitrogen and oxygen atoms in total. The number of nitrogens with two attached hydrogens (primary N) is 1. The lowest BCUT2D eigenvalue weighted by Crippen LogP contribution is -2.49. The van der Waals surface area contributed by atoms with E-state index in [9.17, 15) is 4.79 Å². The van der Waals surface area contributed by atoms with Gasteiger partial charge >= 0.3 is 0 Å². The first-order valence-electron chi connectivity index (χ1n) is 6.33. The number of carbonyl (C=O) groups is 1. The average molecular weight is 224 g/mol. The molecule has 1 amide bonds. The van der Waals surface area contributed by atoms with Crippen LogP contribution in [0.2, 0.25) is 0 Å². The van der Waals surface area contributed by atoms with E-state index in [4.69, 9.17) is 5.73 Å². The number of hydrogen-bond acceptors (Lipinski definition) is 2. The van der Waals surface area contributed by atoms with Crippen LogP contribution in [0.1, 0.15) is 47.0 Å². The van der Waals surface area contributed by atoms with Crippen molar-refractivity contribution in [2.75, 3.05) is 6.54 Å². The molecule has 1 aliphatic carbocycles. The molecule has 3 atom stereocenters. The lowest BCUT2D eigenvalue weighted by Gasteiger charge is -2.40. The number of fused-ring (bicyclic) bond motifs is 2. The summed E-state index contributed by atoms with van der Waals surface area (Å²) in [5.41, 5.74) is 6.38. The van der Waals surface area contributed by atoms with E-state index in [1.807, 2.05) is 13.8 Å². The van der Waals surface area contributed by atoms with E-state index in [1.54, 1.807) is 0 Å². The van der Waals surface area contributed by atoms with E-state index in [2.05, 4.69) is 18.7 Å². The van der Waals surface area contributed by atoms with Gasteiger partial charge in [-0.05, 0) is 31.6 Å². The van der Waals surface area contributed by atoms with Crippen molar-refractivity contribution < 1.29 is 4.79 Å². The maximum absolute atomic E-state index is 12.2. The summed E-state index contributed by atoms with van der Waals surface area (Å²) in [7, 11) is 0. The highest BCUT2D eigenvalue weighted by Crippen LogP contribution is 2.51. The van der Waals surface area contributed by atoms with Crippen molar-refractivity contribution in [3.63, 3.8) is 0 Å². The summed E-state index contributed by atoms with van der Waals surface area (Å²) in [5.74, 6) is 0.385. The van der Waals surface area contributed by atoms with Gasteiger partial charge in [0.25, 0.3) is 0 Å². The molecular weight excluding hydrogens is 200 g/mol. The molecule has 2 aliphatic rings. The minimum atomic E-state index is 0.00771. The van der Waals surface area contributed by atoms with Crippen LogP contribution in [-0.4, -0.2) is 28.9 Å². The third kappa shape index (κ3) is 1.75. The van der Waals surface area contributed by atoms with Gasteiger partial charge < -0.3 is 10.6 Å². The number of hydrogen-bond donors (Lipinski definition) is 1. The van der Waals surface area contributed by atoms with E-state index < -0.39 is 0 Å². The van der Waals surface area contributed by atoms with Gasteiger partial charge in [-0.2, -0.15) is 0 Å². The van der Waals surface area contributed by atoms with Gasteiger partial charge in [0.2, 0.25) is 5.91 Å². The minimum absolute atomic E-state index is 0.00771. The number of likely N-dealkylation sites (tertiary alicyclic amines) is 1. The maximum Gasteiger partial charge on any atom is 0.225 e. The smallest absolute Gasteiger partial charge is 0.225 e. The van der Waals surface area contributed by atoms with Crippen LogP contribution in [0.3, 0.4) is 0 Å². The Balaban J connectivity index is 2.27. The molecule has 2 N–H and O–H groups in total. The first-order chi connectivity index (χ1) is 7.26. The fourth-order valence-electron chi connectivity index (χ4n) is 3.89. The van der Waals surface area contributed by atoms with Crippen molar-refractivity contribution in [1.29, 1.82) is 0 Å². The van der Waals surface area contributed by atoms with Crippen LogP contribution in [0.5, 0.6) is 0 Å². The van der Waals surface area contributed by atoms with E-state index in [-0.39, 0.29) is 22.9 Å². The second kappa shape index (κ2) is 3.46. The summed E-state index contributed by atoms with van der Waals surface area (Å²) in [4.78, 5) is 14.3. The van der Waals surface area contributed by atoms with Gasteiger partial charge in [-0.1, -0.05) is 20.8 Å². The van der Waals surface area contributed by atoms with Crippen LogP contribution < -0.4 is 5.73 Å². The molecule has 92 valence electrons. The van der Waals surface area contributed by atoms with Gasteiger partial charge in [-0.3, -0.25) is 4.79 Å². The standard InChI is InChI=1S/C13H24N2O/c1-9(2)11(16)15-8-12(3)5-10(14)6-13(15,4)7-12/h9-10H,5-8,14H2,1-4H3/t10-,12?,13?/m1/s1. The number of amides is 1. The molecule has 1 aliphatic heterocycles. The van der Waals surface area contributed by atoms with E-state index in [0.29, 0.717) is 5.91 Å². The number of nitrogens with zero attached hydrogens (tertiary/aromatic N) is 1. The van der Waals surface area contributed by atoms with Crippen LogP contribution in [0.15, 0.2) is 0 Å². The Labute approximate surface area is 98.4 Å². The molecule has 2 bridgehead atoms. The maximum atomic E-state index is 12.2. The highest BCUT2D eigenvalue weighted by molar-refractivity contribution is 5.79. The molecule has 1 saturated carbocycles. The molecule has 16 heavy (non-hydrogen) atoms. The highest BCUT2D eigenvalue weighted by Gasteiger charge is 2.54. The summed E-state index contributed by atoms with van der Waals surface area (Å²) in [6, 6.07) is 0.258. The summed E-state index contributed by atoms with van der Waals surface area (Å²) in [6.45, 7) is 9.34. The van der Waals surface area contributed by atoms with Crippen LogP contribution >= 0.6 is 0 Å². The number of rotatable bonds is 1. The van der Waals surface area contributed by atoms with E-state index in [1.165, 1.54) is 0 Å². The topological polar surface area (TPSA) is 46.3 Å². The fraction of sp³-hybridized carbons (Fsp3) is 0.923. The monoisotopic (exact) mass is 224 g/mol. The van der Waals surface area contributed by atoms with Gasteiger partial charge in [0, 0.05) is 24.0 Å². The molecule has 2 rings (SSSR count). The van der Waals surface area contributed by atoms with Crippen molar-refractivity contribution in [2.24, 2.45) is 17.1 Å². The molecule has 0 radical (unpaired) electrons. The normalized spacial score (nSPS) is 42.9. The van der Waals surface area contributed by atoms with Crippen molar-refractivity contribution in [1.82, 2.24) is 4.90 Å². The second-order valence-electron chi connectivity index (χ2n) is 6.73. The molecule has 0 aromatic carbocycles. The van der Waals surface area contributed by atoms with Crippen molar-refractivity contribution >= 4 is 5.91 Å². The Hall–Kier alpha value is -0.570. The van der Waals surface area contributed by atoms with Crippen molar-refractivity contribution in [2.45, 2.75) is 58.5 Å². The van der Waals surface area contributed by atoms with Crippen molar-refractivity contribution in [3.05, 3.63) is 0 Å². The van der Waals surface area contributed by atoms with E-state index in [0.717, 1.165) is 25.8 Å². The molecule has 1 heterocycles. The Kier molecular flexibility index (Phi) is 2.57. The average Bonchev–Trinajstić information content (AvgIpc) is 2.29. The van der Waals surface area contributed by atoms with Gasteiger partial charge in [0.1, 0.15) is 0 Å². The van der Waals surface area contributed by atoms with Gasteiger partial charge in [-0.15, -0.1) is 0 Å². The molecule has 0 aromatic rings. The third-order valence-corrected chi connectivity index (χ3v) is 4.22. The van der Waals surface area contributed by atoms with Crippen LogP contribution in [0.4, 0.5) is 0 Å². The van der Waals surface area contributed by atoms with Crippen LogP contribution in [0.25, 0.3) is 0 Å². The van der Waals surface area contributed by atoms with Gasteiger partial charge in [-0.25, -0.2) is 0 Å². The summed E-state index contributed by atoms with van der Waals surface area (Å²) >= 11 is 0. The van der Waals surface area contributed by atoms with Crippen LogP contribution in [0, 0.1) is 11.3 Å². The Morgan fingerprint density at radius 3 is 2.56 bits per heavy atom. The largest absolute Gasteiger partial charge is 0.336 e. The third-order valence-electron chi connectivity index (χ3n) is 4.22.